The van der Waals surface area contributed by atoms with Crippen molar-refractivity contribution in [2.75, 3.05) is 32.0 Å². The third-order valence-corrected chi connectivity index (χ3v) is 2.87. The van der Waals surface area contributed by atoms with Crippen molar-refractivity contribution in [3.8, 4) is 0 Å². The van der Waals surface area contributed by atoms with E-state index in [1.54, 1.807) is 6.07 Å². The topological polar surface area (TPSA) is 81.6 Å². The fourth-order valence-corrected chi connectivity index (χ4v) is 1.90. The summed E-state index contributed by atoms with van der Waals surface area (Å²) in [5.74, 6) is 0. The fraction of sp³-hybridized carbons (Fsp3) is 0.455. The van der Waals surface area contributed by atoms with Crippen molar-refractivity contribution in [2.45, 2.75) is 6.54 Å². The van der Waals surface area contributed by atoms with Crippen LogP contribution in [0, 0.1) is 10.1 Å². The first-order valence-corrected chi connectivity index (χ1v) is 5.50. The Morgan fingerprint density at radius 2 is 2.12 bits per heavy atom. The maximum Gasteiger partial charge on any atom is 0.292 e. The summed E-state index contributed by atoms with van der Waals surface area (Å²) in [6, 6.07) is 4.93. The predicted octanol–water partition coefficient (Wildman–Crippen LogP) is 1.01. The molecule has 0 spiro atoms. The lowest BCUT2D eigenvalue weighted by molar-refractivity contribution is -0.384. The van der Waals surface area contributed by atoms with Gasteiger partial charge in [-0.1, -0.05) is 12.1 Å². The van der Waals surface area contributed by atoms with E-state index in [1.165, 1.54) is 6.07 Å². The van der Waals surface area contributed by atoms with Crippen LogP contribution in [0.5, 0.6) is 0 Å². The number of hydrogen-bond donors (Lipinski definition) is 1. The SMILES string of the molecule is Nc1c(CN2CCOCC2)cccc1[N+](=O)[O-]. The number of para-hydroxylation sites is 1. The maximum absolute atomic E-state index is 10.8. The number of nitro benzene ring substituents is 1. The molecule has 0 saturated carbocycles. The zero-order chi connectivity index (χ0) is 12.3. The second-order valence-corrected chi connectivity index (χ2v) is 4.00. The van der Waals surface area contributed by atoms with Gasteiger partial charge in [0.05, 0.1) is 18.1 Å². The van der Waals surface area contributed by atoms with E-state index in [1.807, 2.05) is 6.07 Å². The minimum Gasteiger partial charge on any atom is -0.393 e. The van der Waals surface area contributed by atoms with Gasteiger partial charge in [0.25, 0.3) is 5.69 Å². The smallest absolute Gasteiger partial charge is 0.292 e. The summed E-state index contributed by atoms with van der Waals surface area (Å²) in [6.07, 6.45) is 0. The molecule has 2 rings (SSSR count). The van der Waals surface area contributed by atoms with E-state index in [0.29, 0.717) is 19.8 Å². The predicted molar refractivity (Wildman–Crippen MR) is 63.6 cm³/mol. The summed E-state index contributed by atoms with van der Waals surface area (Å²) < 4.78 is 5.25. The minimum atomic E-state index is -0.446. The van der Waals surface area contributed by atoms with Gasteiger partial charge in [-0.15, -0.1) is 0 Å². The molecule has 2 N–H and O–H groups in total. The number of nitrogen functional groups attached to an aromatic ring is 1. The molecule has 0 atom stereocenters. The molecule has 1 aliphatic rings. The fourth-order valence-electron chi connectivity index (χ4n) is 1.90. The highest BCUT2D eigenvalue weighted by atomic mass is 16.6. The summed E-state index contributed by atoms with van der Waals surface area (Å²) in [4.78, 5) is 12.5. The van der Waals surface area contributed by atoms with E-state index >= 15 is 0 Å². The lowest BCUT2D eigenvalue weighted by Gasteiger charge is -2.26. The van der Waals surface area contributed by atoms with Gasteiger partial charge in [-0.3, -0.25) is 15.0 Å². The zero-order valence-electron chi connectivity index (χ0n) is 9.46. The minimum absolute atomic E-state index is 0.0178. The van der Waals surface area contributed by atoms with Gasteiger partial charge in [0, 0.05) is 25.7 Å². The highest BCUT2D eigenvalue weighted by molar-refractivity contribution is 5.62. The van der Waals surface area contributed by atoms with Crippen LogP contribution >= 0.6 is 0 Å². The molecule has 6 heteroatoms. The monoisotopic (exact) mass is 237 g/mol. The Morgan fingerprint density at radius 3 is 2.76 bits per heavy atom. The Labute approximate surface area is 99.1 Å². The Balaban J connectivity index is 2.15. The number of anilines is 1. The molecule has 1 aromatic rings. The normalized spacial score (nSPS) is 16.9. The highest BCUT2D eigenvalue weighted by Gasteiger charge is 2.17. The van der Waals surface area contributed by atoms with Crippen LogP contribution in [0.2, 0.25) is 0 Å². The Kier molecular flexibility index (Phi) is 3.55. The molecular weight excluding hydrogens is 222 g/mol. The summed E-state index contributed by atoms with van der Waals surface area (Å²) in [5, 5.41) is 10.8. The van der Waals surface area contributed by atoms with Crippen molar-refractivity contribution >= 4 is 11.4 Å². The third-order valence-electron chi connectivity index (χ3n) is 2.87. The molecule has 1 fully saturated rings. The van der Waals surface area contributed by atoms with E-state index in [9.17, 15) is 10.1 Å². The molecule has 0 aromatic heterocycles. The quantitative estimate of drug-likeness (QED) is 0.482. The van der Waals surface area contributed by atoms with Crippen molar-refractivity contribution in [1.29, 1.82) is 0 Å². The maximum atomic E-state index is 10.8. The Hall–Kier alpha value is -1.66. The number of nitro groups is 1. The molecule has 92 valence electrons. The lowest BCUT2D eigenvalue weighted by atomic mass is 10.1. The first-order chi connectivity index (χ1) is 8.18. The Morgan fingerprint density at radius 1 is 1.41 bits per heavy atom. The van der Waals surface area contributed by atoms with Crippen LogP contribution in [0.3, 0.4) is 0 Å². The van der Waals surface area contributed by atoms with Crippen molar-refractivity contribution in [2.24, 2.45) is 0 Å². The Bertz CT molecular complexity index is 416. The summed E-state index contributed by atoms with van der Waals surface area (Å²) in [7, 11) is 0. The highest BCUT2D eigenvalue weighted by Crippen LogP contribution is 2.25. The number of hydrogen-bond acceptors (Lipinski definition) is 5. The number of ether oxygens (including phenoxy) is 1. The molecule has 1 heterocycles. The van der Waals surface area contributed by atoms with Crippen LogP contribution in [0.15, 0.2) is 18.2 Å². The van der Waals surface area contributed by atoms with Crippen LogP contribution in [0.25, 0.3) is 0 Å². The standard InChI is InChI=1S/C11H15N3O3/c12-11-9(2-1-3-10(11)14(15)16)8-13-4-6-17-7-5-13/h1-3H,4-8,12H2. The summed E-state index contributed by atoms with van der Waals surface area (Å²) in [6.45, 7) is 3.71. The zero-order valence-corrected chi connectivity index (χ0v) is 9.46. The van der Waals surface area contributed by atoms with Gasteiger partial charge in [-0.05, 0) is 5.56 Å². The molecule has 0 amide bonds. The summed E-state index contributed by atoms with van der Waals surface area (Å²) in [5.41, 5.74) is 6.86. The second-order valence-electron chi connectivity index (χ2n) is 4.00. The summed E-state index contributed by atoms with van der Waals surface area (Å²) >= 11 is 0. The van der Waals surface area contributed by atoms with E-state index in [2.05, 4.69) is 4.90 Å². The van der Waals surface area contributed by atoms with Crippen LogP contribution in [0.1, 0.15) is 5.56 Å². The molecule has 1 aromatic carbocycles. The van der Waals surface area contributed by atoms with Crippen molar-refractivity contribution in [1.82, 2.24) is 4.90 Å². The number of nitrogens with two attached hydrogens (primary N) is 1. The van der Waals surface area contributed by atoms with E-state index < -0.39 is 4.92 Å². The second kappa shape index (κ2) is 5.11. The van der Waals surface area contributed by atoms with Gasteiger partial charge < -0.3 is 10.5 Å². The molecule has 1 saturated heterocycles. The van der Waals surface area contributed by atoms with Crippen LogP contribution in [0.4, 0.5) is 11.4 Å². The van der Waals surface area contributed by atoms with E-state index in [4.69, 9.17) is 10.5 Å². The molecule has 0 bridgehead atoms. The molecule has 0 unspecified atom stereocenters. The third kappa shape index (κ3) is 2.72. The molecule has 1 aliphatic heterocycles. The lowest BCUT2D eigenvalue weighted by Crippen LogP contribution is -2.35. The van der Waals surface area contributed by atoms with E-state index in [-0.39, 0.29) is 11.4 Å². The van der Waals surface area contributed by atoms with Gasteiger partial charge in [0.2, 0.25) is 0 Å². The van der Waals surface area contributed by atoms with E-state index in [0.717, 1.165) is 18.7 Å². The first-order valence-electron chi connectivity index (χ1n) is 5.50. The number of rotatable bonds is 3. The molecule has 17 heavy (non-hydrogen) atoms. The molecule has 0 radical (unpaired) electrons. The van der Waals surface area contributed by atoms with Crippen LogP contribution in [-0.4, -0.2) is 36.1 Å². The largest absolute Gasteiger partial charge is 0.393 e. The van der Waals surface area contributed by atoms with Gasteiger partial charge in [0.1, 0.15) is 5.69 Å². The number of benzene rings is 1. The van der Waals surface area contributed by atoms with Gasteiger partial charge in [-0.2, -0.15) is 0 Å². The molecule has 0 aliphatic carbocycles. The van der Waals surface area contributed by atoms with Gasteiger partial charge in [0.15, 0.2) is 0 Å². The van der Waals surface area contributed by atoms with Crippen LogP contribution in [-0.2, 0) is 11.3 Å². The number of morpholine rings is 1. The van der Waals surface area contributed by atoms with Gasteiger partial charge >= 0.3 is 0 Å². The first kappa shape index (κ1) is 11.8. The average Bonchev–Trinajstić information content (AvgIpc) is 2.33. The van der Waals surface area contributed by atoms with Crippen LogP contribution < -0.4 is 5.73 Å². The molecular formula is C11H15N3O3. The average molecular weight is 237 g/mol. The number of nitrogens with zero attached hydrogens (tertiary/aromatic N) is 2. The van der Waals surface area contributed by atoms with Crippen molar-refractivity contribution in [3.63, 3.8) is 0 Å². The molecule has 6 nitrogen and oxygen atoms in total. The van der Waals surface area contributed by atoms with Crippen molar-refractivity contribution < 1.29 is 9.66 Å². The van der Waals surface area contributed by atoms with Gasteiger partial charge in [-0.25, -0.2) is 0 Å². The van der Waals surface area contributed by atoms with Crippen molar-refractivity contribution in [3.05, 3.63) is 33.9 Å².